The Hall–Kier alpha value is -3.33. The molecule has 3 fully saturated rings. The lowest BCUT2D eigenvalue weighted by molar-refractivity contribution is -0.364. The number of hydrogen-bond donors (Lipinski definition) is 3. The highest BCUT2D eigenvalue weighted by Crippen LogP contribution is 2.57. The van der Waals surface area contributed by atoms with Crippen molar-refractivity contribution in [1.82, 2.24) is 0 Å². The second-order valence-corrected chi connectivity index (χ2v) is 10.4. The molecule has 0 spiro atoms. The third kappa shape index (κ3) is 4.26. The Morgan fingerprint density at radius 2 is 1.69 bits per heavy atom. The average Bonchev–Trinajstić information content (AvgIpc) is 3.52. The van der Waals surface area contributed by atoms with Gasteiger partial charge in [0.05, 0.1) is 50.2 Å². The number of phenolic OH excluding ortho intramolecular Hbond substituents is 1. The smallest absolute Gasteiger partial charge is 0.310 e. The molecule has 0 radical (unpaired) electrons. The Kier molecular flexibility index (Phi) is 4.56. The van der Waals surface area contributed by atoms with E-state index >= 15 is 0 Å². The third-order valence-corrected chi connectivity index (χ3v) is 8.16. The number of carbonyl (C=O) groups excluding carboxylic acids is 1. The van der Waals surface area contributed by atoms with Crippen molar-refractivity contribution in [2.24, 2.45) is 11.8 Å². The maximum Gasteiger partial charge on any atom is 0.310 e. The van der Waals surface area contributed by atoms with E-state index in [2.05, 4.69) is 0 Å². The van der Waals surface area contributed by atoms with Gasteiger partial charge in [-0.25, -0.2) is 0 Å². The zero-order valence-electron chi connectivity index (χ0n) is 31.7. The molecule has 4 aliphatic heterocycles. The van der Waals surface area contributed by atoms with E-state index < -0.39 is 111 Å². The summed E-state index contributed by atoms with van der Waals surface area (Å²) in [5.41, 5.74) is 0.333. The molecule has 3 saturated heterocycles. The Labute approximate surface area is 254 Å². The van der Waals surface area contributed by atoms with Gasteiger partial charge in [-0.05, 0) is 47.9 Å². The predicted molar refractivity (Wildman–Crippen MR) is 138 cm³/mol. The summed E-state index contributed by atoms with van der Waals surface area (Å²) >= 11 is 0. The van der Waals surface area contributed by atoms with E-state index in [0.717, 1.165) is 12.1 Å². The molecule has 1 aliphatic carbocycles. The SMILES string of the molecule is [2H]C([2H])([2H])Oc1cc([C@@H]2c3cc4c(cc3[C@@H](O[C@@H]3O[C@H]5[C@@H](O[C@H](C)OC5([2H])[2H])[C@H](O)[C@H]3O)[C@H]3COC(=O)[C@H]23)OC([2H])([2H])O4)cc(OC([2H])([2H])[2H])c1O. The number of cyclic esters (lactones) is 1. The Balaban J connectivity index is 1.36. The quantitative estimate of drug-likeness (QED) is 0.424. The highest BCUT2D eigenvalue weighted by molar-refractivity contribution is 5.79. The molecule has 42 heavy (non-hydrogen) atoms. The van der Waals surface area contributed by atoms with Crippen LogP contribution in [0.4, 0.5) is 0 Å². The molecule has 13 nitrogen and oxygen atoms in total. The summed E-state index contributed by atoms with van der Waals surface area (Å²) in [5, 5.41) is 33.0. The van der Waals surface area contributed by atoms with Crippen molar-refractivity contribution >= 4 is 5.97 Å². The Morgan fingerprint density at radius 3 is 2.40 bits per heavy atom. The summed E-state index contributed by atoms with van der Waals surface area (Å²) in [7, 11) is -6.26. The molecule has 0 saturated carbocycles. The standard InChI is InChI=1S/C29H32O13/c1-11-36-9-20-27(40-11)24(31)25(32)29(41-20)42-26-14-7-17-16(38-10-39-17)6-13(14)21(22-15(26)8-37-28(22)33)12-4-18(34-2)23(30)19(5-12)35-3/h4-7,11,15,20-22,24-27,29-32H,8-10H2,1-3H3/t11-,15+,20-,21-,22+,24-,25-,26-,27-,29+/m1/s1/i2D3,3D3,9D2,10D2. The van der Waals surface area contributed by atoms with Crippen LogP contribution in [0.5, 0.6) is 28.7 Å². The largest absolute Gasteiger partial charge is 0.502 e. The number of methoxy groups -OCH3 is 2. The number of hydrogen-bond acceptors (Lipinski definition) is 13. The molecule has 2 aromatic rings. The molecule has 0 unspecified atom stereocenters. The van der Waals surface area contributed by atoms with Crippen LogP contribution in [-0.2, 0) is 28.5 Å². The fraction of sp³-hybridized carbons (Fsp3) is 0.552. The van der Waals surface area contributed by atoms with Gasteiger partial charge in [0.2, 0.25) is 12.5 Å². The number of aliphatic hydroxyl groups is 2. The molecule has 0 aromatic heterocycles. The van der Waals surface area contributed by atoms with Crippen LogP contribution in [-0.4, -0.2) is 92.3 Å². The van der Waals surface area contributed by atoms with Crippen molar-refractivity contribution in [3.63, 3.8) is 0 Å². The maximum atomic E-state index is 13.6. The van der Waals surface area contributed by atoms with Crippen LogP contribution in [0, 0.1) is 11.8 Å². The molecular weight excluding hydrogens is 556 g/mol. The van der Waals surface area contributed by atoms with Gasteiger partial charge in [-0.15, -0.1) is 0 Å². The van der Waals surface area contributed by atoms with Crippen LogP contribution < -0.4 is 18.9 Å². The first-order valence-electron chi connectivity index (χ1n) is 18.0. The van der Waals surface area contributed by atoms with E-state index in [1.54, 1.807) is 0 Å². The van der Waals surface area contributed by atoms with Crippen LogP contribution in [0.1, 0.15) is 49.3 Å². The monoisotopic (exact) mass is 598 g/mol. The Bertz CT molecular complexity index is 1720. The summed E-state index contributed by atoms with van der Waals surface area (Å²) in [4.78, 5) is 13.6. The molecule has 3 N–H and O–H groups in total. The van der Waals surface area contributed by atoms with Crippen LogP contribution in [0.2, 0.25) is 0 Å². The van der Waals surface area contributed by atoms with Gasteiger partial charge < -0.3 is 58.0 Å². The summed E-state index contributed by atoms with van der Waals surface area (Å²) in [5.74, 6) is -6.79. The van der Waals surface area contributed by atoms with Gasteiger partial charge in [-0.3, -0.25) is 4.79 Å². The molecule has 5 aliphatic rings. The highest BCUT2D eigenvalue weighted by Gasteiger charge is 2.56. The van der Waals surface area contributed by atoms with Crippen LogP contribution in [0.25, 0.3) is 0 Å². The summed E-state index contributed by atoms with van der Waals surface area (Å²) < 4.78 is 127. The first kappa shape index (κ1) is 18.4. The number of benzene rings is 2. The molecule has 226 valence electrons. The van der Waals surface area contributed by atoms with Gasteiger partial charge >= 0.3 is 5.97 Å². The van der Waals surface area contributed by atoms with Crippen molar-refractivity contribution in [2.75, 3.05) is 34.0 Å². The summed E-state index contributed by atoms with van der Waals surface area (Å²) in [6, 6.07) is 4.82. The lowest BCUT2D eigenvalue weighted by Crippen LogP contribution is -2.63. The Morgan fingerprint density at radius 1 is 0.976 bits per heavy atom. The van der Waals surface area contributed by atoms with E-state index in [0.29, 0.717) is 0 Å². The number of aromatic hydroxyl groups is 1. The van der Waals surface area contributed by atoms with E-state index in [9.17, 15) is 20.1 Å². The van der Waals surface area contributed by atoms with Gasteiger partial charge in [-0.1, -0.05) is 0 Å². The first-order chi connectivity index (χ1) is 24.0. The number of aliphatic hydroxyl groups excluding tert-OH is 2. The molecule has 2 aromatic carbocycles. The topological polar surface area (TPSA) is 161 Å². The second-order valence-electron chi connectivity index (χ2n) is 10.4. The van der Waals surface area contributed by atoms with Gasteiger partial charge in [-0.2, -0.15) is 0 Å². The average molecular weight is 599 g/mol. The summed E-state index contributed by atoms with van der Waals surface area (Å²) in [6.45, 7) is -4.04. The molecule has 10 atom stereocenters. The van der Waals surface area contributed by atoms with Gasteiger partial charge in [0.25, 0.3) is 0 Å². The minimum atomic E-state index is -3.13. The number of ether oxygens (including phenoxy) is 9. The minimum Gasteiger partial charge on any atom is -0.502 e. The molecule has 0 bridgehead atoms. The van der Waals surface area contributed by atoms with Crippen LogP contribution in [0.15, 0.2) is 24.3 Å². The first-order valence-corrected chi connectivity index (χ1v) is 13.0. The normalized spacial score (nSPS) is 43.0. The number of rotatable bonds is 5. The lowest BCUT2D eigenvalue weighted by atomic mass is 9.66. The van der Waals surface area contributed by atoms with Gasteiger partial charge in [0.15, 0.2) is 35.6 Å². The maximum absolute atomic E-state index is 13.6. The minimum absolute atomic E-state index is 0.00207. The second kappa shape index (κ2) is 10.4. The van der Waals surface area contributed by atoms with Crippen molar-refractivity contribution in [3.8, 4) is 28.7 Å². The van der Waals surface area contributed by atoms with E-state index in [1.165, 1.54) is 19.1 Å². The molecule has 0 amide bonds. The van der Waals surface area contributed by atoms with E-state index in [4.69, 9.17) is 56.3 Å². The predicted octanol–water partition coefficient (Wildman–Crippen LogP) is 1.34. The van der Waals surface area contributed by atoms with Crippen molar-refractivity contribution < 1.29 is 76.5 Å². The van der Waals surface area contributed by atoms with Crippen LogP contribution in [0.3, 0.4) is 0 Å². The van der Waals surface area contributed by atoms with Crippen LogP contribution >= 0.6 is 0 Å². The number of esters is 1. The number of phenols is 1. The van der Waals surface area contributed by atoms with Crippen molar-refractivity contribution in [1.29, 1.82) is 0 Å². The molecule has 4 heterocycles. The third-order valence-electron chi connectivity index (χ3n) is 8.16. The fourth-order valence-electron chi connectivity index (χ4n) is 6.26. The van der Waals surface area contributed by atoms with E-state index in [1.807, 2.05) is 0 Å². The number of fused-ring (bicyclic) bond motifs is 4. The lowest BCUT2D eigenvalue weighted by Gasteiger charge is -2.47. The zero-order chi connectivity index (χ0) is 37.9. The zero-order valence-corrected chi connectivity index (χ0v) is 21.7. The fourth-order valence-corrected chi connectivity index (χ4v) is 6.26. The molecule has 7 rings (SSSR count). The van der Waals surface area contributed by atoms with E-state index in [-0.39, 0.29) is 34.8 Å². The van der Waals surface area contributed by atoms with Gasteiger partial charge in [0.1, 0.15) is 27.2 Å². The summed E-state index contributed by atoms with van der Waals surface area (Å²) in [6.07, 6.45) is -10.6. The highest BCUT2D eigenvalue weighted by atomic mass is 16.8. The number of carbonyl (C=O) groups is 1. The molecule has 13 heteroatoms. The van der Waals surface area contributed by atoms with Crippen molar-refractivity contribution in [3.05, 3.63) is 41.0 Å². The van der Waals surface area contributed by atoms with Gasteiger partial charge in [0, 0.05) is 11.8 Å². The molecular formula is C29H32O13. The van der Waals surface area contributed by atoms with Crippen molar-refractivity contribution in [2.45, 2.75) is 55.9 Å².